The van der Waals surface area contributed by atoms with Crippen molar-refractivity contribution in [3.8, 4) is 0 Å². The highest BCUT2D eigenvalue weighted by molar-refractivity contribution is 6.47. The van der Waals surface area contributed by atoms with Crippen LogP contribution in [0.3, 0.4) is 0 Å². The van der Waals surface area contributed by atoms with Crippen molar-refractivity contribution in [3.05, 3.63) is 0 Å². The number of carbonyl (C=O) groups excluding carboxylic acids is 1. The van der Waals surface area contributed by atoms with Crippen LogP contribution in [0.4, 0.5) is 0 Å². The number of Topliss-reactive ketones (excluding diaryl/α,β-unsaturated/α-hetero) is 1. The Hall–Kier alpha value is -0.345. The number of rotatable bonds is 6. The maximum atomic E-state index is 10.9. The molecule has 1 atom stereocenters. The molecule has 0 aromatic rings. The molecule has 0 aromatic carbocycles. The summed E-state index contributed by atoms with van der Waals surface area (Å²) in [7, 11) is -0.118. The van der Waals surface area contributed by atoms with Crippen molar-refractivity contribution < 1.29 is 14.1 Å². The lowest BCUT2D eigenvalue weighted by Gasteiger charge is -2.32. The molecule has 1 unspecified atom stereocenters. The van der Waals surface area contributed by atoms with Gasteiger partial charge in [0.05, 0.1) is 11.2 Å². The van der Waals surface area contributed by atoms with Crippen molar-refractivity contribution in [1.82, 2.24) is 0 Å². The third-order valence-electron chi connectivity index (χ3n) is 4.17. The lowest BCUT2D eigenvalue weighted by atomic mass is 9.70. The Labute approximate surface area is 112 Å². The minimum atomic E-state index is -0.245. The van der Waals surface area contributed by atoms with E-state index >= 15 is 0 Å². The fourth-order valence-electron chi connectivity index (χ4n) is 2.10. The Kier molecular flexibility index (Phi) is 5.01. The lowest BCUT2D eigenvalue weighted by molar-refractivity contribution is -0.117. The van der Waals surface area contributed by atoms with Gasteiger partial charge < -0.3 is 14.1 Å². The van der Waals surface area contributed by atoms with E-state index in [1.165, 1.54) is 0 Å². The molecule has 1 saturated heterocycles. The van der Waals surface area contributed by atoms with Gasteiger partial charge in [0.25, 0.3) is 0 Å². The van der Waals surface area contributed by atoms with Crippen LogP contribution in [-0.4, -0.2) is 24.1 Å². The smallest absolute Gasteiger partial charge is 0.403 e. The summed E-state index contributed by atoms with van der Waals surface area (Å²) in [5.41, 5.74) is -0.489. The minimum absolute atomic E-state index is 0.118. The van der Waals surface area contributed by atoms with Gasteiger partial charge in [-0.1, -0.05) is 19.8 Å². The average molecular weight is 254 g/mol. The van der Waals surface area contributed by atoms with Crippen LogP contribution in [0.15, 0.2) is 0 Å². The molecule has 0 aliphatic carbocycles. The molecule has 3 nitrogen and oxygen atoms in total. The van der Waals surface area contributed by atoms with Crippen molar-refractivity contribution in [2.24, 2.45) is 0 Å². The lowest BCUT2D eigenvalue weighted by Crippen LogP contribution is -2.41. The molecule has 0 saturated carbocycles. The van der Waals surface area contributed by atoms with Crippen LogP contribution in [0.5, 0.6) is 0 Å². The number of hydrogen-bond donors (Lipinski definition) is 0. The van der Waals surface area contributed by atoms with Crippen LogP contribution < -0.4 is 0 Å². The first kappa shape index (κ1) is 15.7. The summed E-state index contributed by atoms with van der Waals surface area (Å²) in [5, 5.41) is 0. The molecular formula is C14H27BO3. The SMILES string of the molecule is CC(=O)CCCCC(C)B1OC(C)(C)C(C)(C)O1. The Bertz CT molecular complexity index is 283. The number of hydrogen-bond acceptors (Lipinski definition) is 3. The topological polar surface area (TPSA) is 35.5 Å². The molecule has 1 heterocycles. The summed E-state index contributed by atoms with van der Waals surface area (Å²) in [6.45, 7) is 12.1. The van der Waals surface area contributed by atoms with Crippen LogP contribution in [0.1, 0.15) is 67.2 Å². The van der Waals surface area contributed by atoms with Crippen LogP contribution >= 0.6 is 0 Å². The third-order valence-corrected chi connectivity index (χ3v) is 4.17. The van der Waals surface area contributed by atoms with Crippen molar-refractivity contribution in [3.63, 3.8) is 0 Å². The summed E-state index contributed by atoms with van der Waals surface area (Å²) in [5.74, 6) is 0.649. The zero-order valence-corrected chi connectivity index (χ0v) is 12.7. The molecule has 1 aliphatic heterocycles. The van der Waals surface area contributed by atoms with Crippen molar-refractivity contribution in [2.75, 3.05) is 0 Å². The molecule has 0 radical (unpaired) electrons. The molecule has 1 fully saturated rings. The van der Waals surface area contributed by atoms with Crippen LogP contribution in [0, 0.1) is 0 Å². The van der Waals surface area contributed by atoms with Crippen molar-refractivity contribution in [1.29, 1.82) is 0 Å². The Morgan fingerprint density at radius 2 is 1.61 bits per heavy atom. The van der Waals surface area contributed by atoms with E-state index in [-0.39, 0.29) is 24.1 Å². The monoisotopic (exact) mass is 254 g/mol. The highest BCUT2D eigenvalue weighted by Gasteiger charge is 2.52. The van der Waals surface area contributed by atoms with Gasteiger partial charge in [-0.3, -0.25) is 0 Å². The number of carbonyl (C=O) groups is 1. The summed E-state index contributed by atoms with van der Waals surface area (Å²) in [4.78, 5) is 10.9. The van der Waals surface area contributed by atoms with E-state index in [0.717, 1.165) is 19.3 Å². The molecule has 4 heteroatoms. The van der Waals surface area contributed by atoms with Gasteiger partial charge in [-0.2, -0.15) is 0 Å². The quantitative estimate of drug-likeness (QED) is 0.536. The molecule has 1 rings (SSSR count). The molecule has 1 aliphatic rings. The van der Waals surface area contributed by atoms with E-state index in [2.05, 4.69) is 34.6 Å². The molecule has 0 amide bonds. The second kappa shape index (κ2) is 5.75. The molecule has 0 bridgehead atoms. The van der Waals surface area contributed by atoms with Gasteiger partial charge in [0.2, 0.25) is 0 Å². The Morgan fingerprint density at radius 3 is 2.06 bits per heavy atom. The zero-order valence-electron chi connectivity index (χ0n) is 12.7. The van der Waals surface area contributed by atoms with Gasteiger partial charge in [-0.15, -0.1) is 0 Å². The van der Waals surface area contributed by atoms with E-state index in [4.69, 9.17) is 9.31 Å². The van der Waals surface area contributed by atoms with Gasteiger partial charge >= 0.3 is 7.12 Å². The minimum Gasteiger partial charge on any atom is -0.403 e. The molecule has 0 aromatic heterocycles. The van der Waals surface area contributed by atoms with Gasteiger partial charge in [-0.05, 0) is 46.9 Å². The third kappa shape index (κ3) is 3.82. The second-order valence-corrected chi connectivity index (χ2v) is 6.55. The normalized spacial score (nSPS) is 23.1. The molecule has 104 valence electrons. The number of ketones is 1. The zero-order chi connectivity index (χ0) is 14.0. The van der Waals surface area contributed by atoms with Crippen LogP contribution in [-0.2, 0) is 14.1 Å². The predicted octanol–water partition coefficient (Wildman–Crippen LogP) is 3.62. The largest absolute Gasteiger partial charge is 0.460 e. The van der Waals surface area contributed by atoms with Crippen molar-refractivity contribution >= 4 is 12.9 Å². The van der Waals surface area contributed by atoms with Gasteiger partial charge in [0.15, 0.2) is 0 Å². The highest BCUT2D eigenvalue weighted by atomic mass is 16.7. The van der Waals surface area contributed by atoms with E-state index in [1.807, 2.05) is 0 Å². The van der Waals surface area contributed by atoms with Crippen molar-refractivity contribution in [2.45, 2.75) is 84.2 Å². The summed E-state index contributed by atoms with van der Waals surface area (Å²) in [6.07, 6.45) is 3.77. The van der Waals surface area contributed by atoms with Crippen LogP contribution in [0.25, 0.3) is 0 Å². The van der Waals surface area contributed by atoms with E-state index in [0.29, 0.717) is 12.2 Å². The Morgan fingerprint density at radius 1 is 1.11 bits per heavy atom. The first-order chi connectivity index (χ1) is 8.16. The van der Waals surface area contributed by atoms with E-state index in [9.17, 15) is 4.79 Å². The van der Waals surface area contributed by atoms with E-state index in [1.54, 1.807) is 6.92 Å². The van der Waals surface area contributed by atoms with Gasteiger partial charge in [0.1, 0.15) is 5.78 Å². The fourth-order valence-corrected chi connectivity index (χ4v) is 2.10. The number of unbranched alkanes of at least 4 members (excludes halogenated alkanes) is 1. The van der Waals surface area contributed by atoms with Gasteiger partial charge in [0, 0.05) is 6.42 Å². The summed E-state index contributed by atoms with van der Waals surface area (Å²) < 4.78 is 12.0. The maximum Gasteiger partial charge on any atom is 0.460 e. The molecule has 0 N–H and O–H groups in total. The second-order valence-electron chi connectivity index (χ2n) is 6.55. The van der Waals surface area contributed by atoms with E-state index < -0.39 is 0 Å². The average Bonchev–Trinajstić information content (AvgIpc) is 2.42. The van der Waals surface area contributed by atoms with Crippen LogP contribution in [0.2, 0.25) is 5.82 Å². The maximum absolute atomic E-state index is 10.9. The molecule has 18 heavy (non-hydrogen) atoms. The summed E-state index contributed by atoms with van der Waals surface area (Å²) >= 11 is 0. The molecule has 0 spiro atoms. The first-order valence-corrected chi connectivity index (χ1v) is 7.01. The predicted molar refractivity (Wildman–Crippen MR) is 74.7 cm³/mol. The highest BCUT2D eigenvalue weighted by Crippen LogP contribution is 2.40. The first-order valence-electron chi connectivity index (χ1n) is 7.01. The van der Waals surface area contributed by atoms with Gasteiger partial charge in [-0.25, -0.2) is 0 Å². The summed E-state index contributed by atoms with van der Waals surface area (Å²) in [6, 6.07) is 0. The Balaban J connectivity index is 2.36. The fraction of sp³-hybridized carbons (Fsp3) is 0.929. The standard InChI is InChI=1S/C14H27BO3/c1-11(9-7-8-10-12(2)16)15-17-13(3,4)14(5,6)18-15/h11H,7-10H2,1-6H3. The molecular weight excluding hydrogens is 227 g/mol.